The highest BCUT2D eigenvalue weighted by atomic mass is 32.1. The number of carbonyl (C=O) groups is 1. The first-order valence-electron chi connectivity index (χ1n) is 5.18. The van der Waals surface area contributed by atoms with Gasteiger partial charge in [0.2, 0.25) is 0 Å². The molecular formula is C11H9FN4OS2. The Labute approximate surface area is 117 Å². The van der Waals surface area contributed by atoms with Crippen LogP contribution in [0, 0.1) is 12.7 Å². The number of aryl methyl sites for hydroxylation is 1. The summed E-state index contributed by atoms with van der Waals surface area (Å²) in [7, 11) is 0. The zero-order valence-corrected chi connectivity index (χ0v) is 11.4. The number of hydrogen-bond acceptors (Lipinski definition) is 5. The summed E-state index contributed by atoms with van der Waals surface area (Å²) in [6.45, 7) is 1.68. The molecule has 1 aromatic heterocycles. The van der Waals surface area contributed by atoms with Gasteiger partial charge in [-0.1, -0.05) is 16.7 Å². The Kier molecular flexibility index (Phi) is 3.82. The molecule has 0 radical (unpaired) electrons. The summed E-state index contributed by atoms with van der Waals surface area (Å²) in [4.78, 5) is 12.3. The molecule has 0 aliphatic rings. The Balaban J connectivity index is 2.25. The van der Waals surface area contributed by atoms with Crippen molar-refractivity contribution in [3.05, 3.63) is 40.2 Å². The third kappa shape index (κ3) is 2.91. The molecule has 0 spiro atoms. The first kappa shape index (κ1) is 13.5. The Bertz CT molecular complexity index is 656. The number of carbonyl (C=O) groups excluding carboxylic acids is 1. The molecule has 0 unspecified atom stereocenters. The molecular weight excluding hydrogens is 287 g/mol. The lowest BCUT2D eigenvalue weighted by Crippen LogP contribution is -2.15. The van der Waals surface area contributed by atoms with Crippen LogP contribution in [0.2, 0.25) is 0 Å². The molecule has 19 heavy (non-hydrogen) atoms. The SMILES string of the molecule is Cc1nnsc1C(=O)Nc1ccc(F)c(C(N)=S)c1. The van der Waals surface area contributed by atoms with Gasteiger partial charge in [0, 0.05) is 11.3 Å². The highest BCUT2D eigenvalue weighted by Crippen LogP contribution is 2.17. The molecule has 2 aromatic rings. The minimum atomic E-state index is -0.527. The largest absolute Gasteiger partial charge is 0.389 e. The summed E-state index contributed by atoms with van der Waals surface area (Å²) < 4.78 is 17.1. The number of nitrogens with zero attached hydrogens (tertiary/aromatic N) is 2. The second-order valence-electron chi connectivity index (χ2n) is 3.70. The van der Waals surface area contributed by atoms with E-state index in [9.17, 15) is 9.18 Å². The van der Waals surface area contributed by atoms with Crippen LogP contribution in [0.3, 0.4) is 0 Å². The van der Waals surface area contributed by atoms with Gasteiger partial charge in [0.1, 0.15) is 15.7 Å². The smallest absolute Gasteiger partial charge is 0.269 e. The highest BCUT2D eigenvalue weighted by molar-refractivity contribution is 7.80. The van der Waals surface area contributed by atoms with Gasteiger partial charge in [-0.3, -0.25) is 4.79 Å². The van der Waals surface area contributed by atoms with Crippen molar-refractivity contribution >= 4 is 40.3 Å². The molecule has 0 aliphatic carbocycles. The molecule has 0 bridgehead atoms. The molecule has 8 heteroatoms. The predicted molar refractivity (Wildman–Crippen MR) is 74.9 cm³/mol. The van der Waals surface area contributed by atoms with Crippen LogP contribution in [0.25, 0.3) is 0 Å². The summed E-state index contributed by atoms with van der Waals surface area (Å²) in [5.74, 6) is -0.880. The van der Waals surface area contributed by atoms with Crippen molar-refractivity contribution in [3.8, 4) is 0 Å². The predicted octanol–water partition coefficient (Wildman–Crippen LogP) is 1.87. The second kappa shape index (κ2) is 5.37. The first-order chi connectivity index (χ1) is 8.99. The van der Waals surface area contributed by atoms with E-state index < -0.39 is 5.82 Å². The Morgan fingerprint density at radius 3 is 2.84 bits per heavy atom. The molecule has 1 amide bonds. The molecule has 0 atom stereocenters. The third-order valence-corrected chi connectivity index (χ3v) is 3.39. The lowest BCUT2D eigenvalue weighted by molar-refractivity contribution is 0.103. The van der Waals surface area contributed by atoms with Gasteiger partial charge >= 0.3 is 0 Å². The van der Waals surface area contributed by atoms with Crippen LogP contribution >= 0.6 is 23.8 Å². The lowest BCUT2D eigenvalue weighted by Gasteiger charge is -2.06. The minimum absolute atomic E-state index is 0.0655. The molecule has 0 saturated heterocycles. The molecule has 0 saturated carbocycles. The molecule has 98 valence electrons. The standard InChI is InChI=1S/C11H9FN4OS2/c1-5-9(19-16-15-5)11(17)14-6-2-3-8(12)7(4-6)10(13)18/h2-4H,1H3,(H2,13,18)(H,14,17). The number of hydrogen-bond donors (Lipinski definition) is 2. The van der Waals surface area contributed by atoms with Crippen LogP contribution < -0.4 is 11.1 Å². The van der Waals surface area contributed by atoms with E-state index in [-0.39, 0.29) is 16.5 Å². The van der Waals surface area contributed by atoms with E-state index in [0.29, 0.717) is 16.3 Å². The minimum Gasteiger partial charge on any atom is -0.389 e. The summed E-state index contributed by atoms with van der Waals surface area (Å²) in [5.41, 5.74) is 6.43. The number of aromatic nitrogens is 2. The van der Waals surface area contributed by atoms with Crippen molar-refractivity contribution in [1.29, 1.82) is 0 Å². The van der Waals surface area contributed by atoms with Crippen molar-refractivity contribution < 1.29 is 9.18 Å². The van der Waals surface area contributed by atoms with Crippen molar-refractivity contribution in [1.82, 2.24) is 9.59 Å². The second-order valence-corrected chi connectivity index (χ2v) is 4.89. The third-order valence-electron chi connectivity index (χ3n) is 2.35. The zero-order valence-electron chi connectivity index (χ0n) is 9.81. The fraction of sp³-hybridized carbons (Fsp3) is 0.0909. The van der Waals surface area contributed by atoms with Crippen molar-refractivity contribution in [2.45, 2.75) is 6.92 Å². The summed E-state index contributed by atoms with van der Waals surface area (Å²) in [6.07, 6.45) is 0. The maximum Gasteiger partial charge on any atom is 0.269 e. The van der Waals surface area contributed by atoms with Crippen LogP contribution in [0.15, 0.2) is 18.2 Å². The van der Waals surface area contributed by atoms with Crippen LogP contribution in [-0.2, 0) is 0 Å². The van der Waals surface area contributed by atoms with Crippen LogP contribution in [0.5, 0.6) is 0 Å². The van der Waals surface area contributed by atoms with E-state index in [1.165, 1.54) is 18.2 Å². The normalized spacial score (nSPS) is 10.2. The van der Waals surface area contributed by atoms with Gasteiger partial charge in [-0.15, -0.1) is 5.10 Å². The number of benzene rings is 1. The van der Waals surface area contributed by atoms with Crippen molar-refractivity contribution in [2.24, 2.45) is 5.73 Å². The summed E-state index contributed by atoms with van der Waals surface area (Å²) in [6, 6.07) is 4.01. The van der Waals surface area contributed by atoms with Gasteiger partial charge in [-0.25, -0.2) is 4.39 Å². The van der Waals surface area contributed by atoms with E-state index in [0.717, 1.165) is 11.5 Å². The highest BCUT2D eigenvalue weighted by Gasteiger charge is 2.14. The fourth-order valence-electron chi connectivity index (χ4n) is 1.42. The molecule has 0 fully saturated rings. The maximum atomic E-state index is 13.4. The number of nitrogens with one attached hydrogen (secondary N) is 1. The maximum absolute atomic E-state index is 13.4. The summed E-state index contributed by atoms with van der Waals surface area (Å²) >= 11 is 5.72. The number of thiocarbonyl (C=S) groups is 1. The van der Waals surface area contributed by atoms with Crippen LogP contribution in [-0.4, -0.2) is 20.5 Å². The Morgan fingerprint density at radius 2 is 2.26 bits per heavy atom. The average molecular weight is 296 g/mol. The number of anilines is 1. The molecule has 2 rings (SSSR count). The van der Waals surface area contributed by atoms with Gasteiger partial charge in [0.05, 0.1) is 5.69 Å². The van der Waals surface area contributed by atoms with Gasteiger partial charge in [0.15, 0.2) is 0 Å². The average Bonchev–Trinajstić information content (AvgIpc) is 2.77. The van der Waals surface area contributed by atoms with Crippen molar-refractivity contribution in [3.63, 3.8) is 0 Å². The number of halogens is 1. The van der Waals surface area contributed by atoms with Gasteiger partial charge < -0.3 is 11.1 Å². The topological polar surface area (TPSA) is 80.9 Å². The van der Waals surface area contributed by atoms with Gasteiger partial charge in [0.25, 0.3) is 5.91 Å². The monoisotopic (exact) mass is 296 g/mol. The van der Waals surface area contributed by atoms with Crippen LogP contribution in [0.1, 0.15) is 20.9 Å². The van der Waals surface area contributed by atoms with Crippen molar-refractivity contribution in [2.75, 3.05) is 5.32 Å². The number of nitrogens with two attached hydrogens (primary N) is 1. The molecule has 0 aliphatic heterocycles. The van der Waals surface area contributed by atoms with E-state index >= 15 is 0 Å². The quantitative estimate of drug-likeness (QED) is 0.845. The van der Waals surface area contributed by atoms with Crippen LogP contribution in [0.4, 0.5) is 10.1 Å². The first-order valence-corrected chi connectivity index (χ1v) is 6.37. The summed E-state index contributed by atoms with van der Waals surface area (Å²) in [5, 5.41) is 6.36. The fourth-order valence-corrected chi connectivity index (χ4v) is 2.13. The Morgan fingerprint density at radius 1 is 1.53 bits per heavy atom. The van der Waals surface area contributed by atoms with Gasteiger partial charge in [-0.05, 0) is 36.7 Å². The Hall–Kier alpha value is -1.93. The van der Waals surface area contributed by atoms with E-state index in [1.807, 2.05) is 0 Å². The molecule has 1 aromatic carbocycles. The van der Waals surface area contributed by atoms with E-state index in [1.54, 1.807) is 6.92 Å². The zero-order chi connectivity index (χ0) is 14.0. The lowest BCUT2D eigenvalue weighted by atomic mass is 10.2. The molecule has 5 nitrogen and oxygen atoms in total. The van der Waals surface area contributed by atoms with E-state index in [2.05, 4.69) is 14.9 Å². The molecule has 1 heterocycles. The molecule has 3 N–H and O–H groups in total. The van der Waals surface area contributed by atoms with Gasteiger partial charge in [-0.2, -0.15) is 0 Å². The van der Waals surface area contributed by atoms with E-state index in [4.69, 9.17) is 18.0 Å². The number of rotatable bonds is 3. The number of amides is 1.